The van der Waals surface area contributed by atoms with Crippen molar-refractivity contribution in [2.45, 2.75) is 19.4 Å². The van der Waals surface area contributed by atoms with E-state index in [2.05, 4.69) is 20.0 Å². The van der Waals surface area contributed by atoms with E-state index in [0.29, 0.717) is 17.3 Å². The zero-order valence-electron chi connectivity index (χ0n) is 8.91. The Balaban J connectivity index is 1.81. The van der Waals surface area contributed by atoms with Crippen LogP contribution in [-0.2, 0) is 6.54 Å². The molecule has 0 bridgehead atoms. The Morgan fingerprint density at radius 3 is 3.00 bits per heavy atom. The highest BCUT2D eigenvalue weighted by Gasteiger charge is 2.22. The molecule has 1 fully saturated rings. The summed E-state index contributed by atoms with van der Waals surface area (Å²) in [5.41, 5.74) is 0.923. The third-order valence-electron chi connectivity index (χ3n) is 2.66. The van der Waals surface area contributed by atoms with Crippen LogP contribution < -0.4 is 0 Å². The molecule has 7 nitrogen and oxygen atoms in total. The Morgan fingerprint density at radius 1 is 1.53 bits per heavy atom. The number of aromatic carboxylic acids is 1. The summed E-state index contributed by atoms with van der Waals surface area (Å²) in [6.07, 6.45) is 4.23. The molecule has 1 N–H and O–H groups in total. The number of carboxylic acid groups (broad SMARTS) is 1. The molecule has 0 aromatic carbocycles. The van der Waals surface area contributed by atoms with Crippen molar-refractivity contribution in [1.82, 2.24) is 20.2 Å². The molecule has 0 amide bonds. The van der Waals surface area contributed by atoms with Gasteiger partial charge in [0.1, 0.15) is 11.4 Å². The molecule has 7 heteroatoms. The minimum atomic E-state index is -1.14. The number of aromatic nitrogens is 4. The summed E-state index contributed by atoms with van der Waals surface area (Å²) in [5, 5.41) is 20.2. The molecule has 17 heavy (non-hydrogen) atoms. The van der Waals surface area contributed by atoms with Gasteiger partial charge in [-0.25, -0.2) is 4.79 Å². The number of carbonyl (C=O) groups is 1. The van der Waals surface area contributed by atoms with Crippen molar-refractivity contribution in [3.63, 3.8) is 0 Å². The molecule has 2 aromatic heterocycles. The van der Waals surface area contributed by atoms with E-state index in [4.69, 9.17) is 5.11 Å². The molecule has 1 aliphatic carbocycles. The van der Waals surface area contributed by atoms with Gasteiger partial charge in [0.15, 0.2) is 0 Å². The molecule has 0 radical (unpaired) electrons. The quantitative estimate of drug-likeness (QED) is 0.849. The largest absolute Gasteiger partial charge is 0.475 e. The van der Waals surface area contributed by atoms with Gasteiger partial charge >= 0.3 is 5.97 Å². The van der Waals surface area contributed by atoms with Crippen LogP contribution in [0.25, 0.3) is 11.4 Å². The highest BCUT2D eigenvalue weighted by Crippen LogP contribution is 2.30. The first-order chi connectivity index (χ1) is 8.22. The summed E-state index contributed by atoms with van der Waals surface area (Å²) < 4.78 is 6.41. The third-order valence-corrected chi connectivity index (χ3v) is 2.66. The first kappa shape index (κ1) is 10.0. The van der Waals surface area contributed by atoms with Crippen LogP contribution in [0.4, 0.5) is 0 Å². The zero-order chi connectivity index (χ0) is 11.8. The number of carboxylic acids is 1. The molecule has 1 aliphatic rings. The first-order valence-corrected chi connectivity index (χ1v) is 5.33. The maximum atomic E-state index is 10.6. The minimum absolute atomic E-state index is 0.197. The summed E-state index contributed by atoms with van der Waals surface area (Å²) in [6.45, 7) is 0.858. The Kier molecular flexibility index (Phi) is 2.17. The predicted molar refractivity (Wildman–Crippen MR) is 55.2 cm³/mol. The van der Waals surface area contributed by atoms with E-state index in [1.165, 1.54) is 18.9 Å². The number of hydrogen-bond acceptors (Lipinski definition) is 5. The molecule has 0 aliphatic heterocycles. The summed E-state index contributed by atoms with van der Waals surface area (Å²) in [6, 6.07) is 1.34. The number of nitrogens with zero attached hydrogens (tertiary/aromatic N) is 4. The molecule has 0 spiro atoms. The average Bonchev–Trinajstić information content (AvgIpc) is 2.82. The monoisotopic (exact) mass is 234 g/mol. The van der Waals surface area contributed by atoms with Gasteiger partial charge in [0, 0.05) is 12.6 Å². The zero-order valence-corrected chi connectivity index (χ0v) is 8.91. The smallest absolute Gasteiger partial charge is 0.374 e. The van der Waals surface area contributed by atoms with E-state index in [-0.39, 0.29) is 5.76 Å². The fourth-order valence-electron chi connectivity index (χ4n) is 1.57. The van der Waals surface area contributed by atoms with Crippen LogP contribution in [0.5, 0.6) is 0 Å². The normalized spacial score (nSPS) is 15.1. The number of rotatable bonds is 4. The molecule has 1 saturated carbocycles. The maximum absolute atomic E-state index is 10.6. The van der Waals surface area contributed by atoms with Crippen molar-refractivity contribution in [2.24, 2.45) is 5.92 Å². The van der Waals surface area contributed by atoms with Crippen LogP contribution in [0.3, 0.4) is 0 Å². The van der Waals surface area contributed by atoms with Gasteiger partial charge < -0.3 is 9.63 Å². The van der Waals surface area contributed by atoms with Crippen LogP contribution in [0, 0.1) is 5.92 Å². The lowest BCUT2D eigenvalue weighted by Crippen LogP contribution is -1.99. The van der Waals surface area contributed by atoms with E-state index in [0.717, 1.165) is 6.54 Å². The van der Waals surface area contributed by atoms with Gasteiger partial charge in [-0.1, -0.05) is 10.4 Å². The van der Waals surface area contributed by atoms with E-state index in [9.17, 15) is 4.79 Å². The fourth-order valence-corrected chi connectivity index (χ4v) is 1.57. The molecular weight excluding hydrogens is 224 g/mol. The van der Waals surface area contributed by atoms with Crippen molar-refractivity contribution >= 4 is 5.97 Å². The fraction of sp³-hybridized carbons (Fsp3) is 0.400. The second-order valence-corrected chi connectivity index (χ2v) is 4.15. The van der Waals surface area contributed by atoms with Gasteiger partial charge in [0.25, 0.3) is 0 Å². The van der Waals surface area contributed by atoms with Crippen LogP contribution in [0.2, 0.25) is 0 Å². The molecule has 2 heterocycles. The van der Waals surface area contributed by atoms with Gasteiger partial charge in [-0.3, -0.25) is 4.68 Å². The predicted octanol–water partition coefficient (Wildman–Crippen LogP) is 1.04. The van der Waals surface area contributed by atoms with Crippen LogP contribution >= 0.6 is 0 Å². The van der Waals surface area contributed by atoms with Gasteiger partial charge in [-0.05, 0) is 18.8 Å². The topological polar surface area (TPSA) is 94.0 Å². The highest BCUT2D eigenvalue weighted by molar-refractivity contribution is 5.85. The summed E-state index contributed by atoms with van der Waals surface area (Å²) in [4.78, 5) is 10.6. The SMILES string of the molecule is O=C(O)c1cc(-c2cn(CC3CC3)nn2)no1. The van der Waals surface area contributed by atoms with Crippen LogP contribution in [0.1, 0.15) is 23.4 Å². The third kappa shape index (κ3) is 2.03. The Bertz CT molecular complexity index is 555. The molecule has 0 unspecified atom stereocenters. The van der Waals surface area contributed by atoms with E-state index in [1.807, 2.05) is 0 Å². The van der Waals surface area contributed by atoms with Crippen LogP contribution in [0.15, 0.2) is 16.8 Å². The van der Waals surface area contributed by atoms with Crippen LogP contribution in [-0.4, -0.2) is 31.2 Å². The van der Waals surface area contributed by atoms with Gasteiger partial charge in [-0.15, -0.1) is 5.10 Å². The van der Waals surface area contributed by atoms with E-state index >= 15 is 0 Å². The van der Waals surface area contributed by atoms with Crippen molar-refractivity contribution in [1.29, 1.82) is 0 Å². The summed E-state index contributed by atoms with van der Waals surface area (Å²) in [7, 11) is 0. The van der Waals surface area contributed by atoms with E-state index in [1.54, 1.807) is 10.9 Å². The molecular formula is C10H10N4O3. The summed E-state index contributed by atoms with van der Waals surface area (Å²) in [5.74, 6) is -0.637. The molecule has 88 valence electrons. The molecule has 3 rings (SSSR count). The van der Waals surface area contributed by atoms with Gasteiger partial charge in [0.2, 0.25) is 5.76 Å². The lowest BCUT2D eigenvalue weighted by atomic mass is 10.3. The summed E-state index contributed by atoms with van der Waals surface area (Å²) >= 11 is 0. The van der Waals surface area contributed by atoms with E-state index < -0.39 is 5.97 Å². The lowest BCUT2D eigenvalue weighted by molar-refractivity contribution is 0.0652. The second-order valence-electron chi connectivity index (χ2n) is 4.15. The maximum Gasteiger partial charge on any atom is 0.374 e. The average molecular weight is 234 g/mol. The van der Waals surface area contributed by atoms with Crippen molar-refractivity contribution in [3.05, 3.63) is 18.0 Å². The first-order valence-electron chi connectivity index (χ1n) is 5.33. The Labute approximate surface area is 96.0 Å². The Hall–Kier alpha value is -2.18. The van der Waals surface area contributed by atoms with Crippen molar-refractivity contribution < 1.29 is 14.4 Å². The standard InChI is InChI=1S/C10H10N4O3/c15-10(16)9-3-7(12-17-9)8-5-14(13-11-8)4-6-1-2-6/h3,5-6H,1-2,4H2,(H,15,16). The number of hydrogen-bond donors (Lipinski definition) is 1. The minimum Gasteiger partial charge on any atom is -0.475 e. The van der Waals surface area contributed by atoms with Crippen molar-refractivity contribution in [2.75, 3.05) is 0 Å². The highest BCUT2D eigenvalue weighted by atomic mass is 16.5. The molecule has 0 saturated heterocycles. The second kappa shape index (κ2) is 3.69. The molecule has 0 atom stereocenters. The van der Waals surface area contributed by atoms with Crippen molar-refractivity contribution in [3.8, 4) is 11.4 Å². The lowest BCUT2D eigenvalue weighted by Gasteiger charge is -1.93. The Morgan fingerprint density at radius 2 is 2.35 bits per heavy atom. The molecule has 2 aromatic rings. The van der Waals surface area contributed by atoms with Gasteiger partial charge in [0.05, 0.1) is 6.20 Å². The van der Waals surface area contributed by atoms with Gasteiger partial charge in [-0.2, -0.15) is 0 Å².